The quantitative estimate of drug-likeness (QED) is 0.585. The maximum absolute atomic E-state index is 11.9. The Hall–Kier alpha value is -1.86. The molecule has 0 heterocycles. The number of ketones is 1. The van der Waals surface area contributed by atoms with Gasteiger partial charge in [0.25, 0.3) is 0 Å². The van der Waals surface area contributed by atoms with Gasteiger partial charge in [-0.2, -0.15) is 0 Å². The molecule has 2 heteroatoms. The Labute approximate surface area is 112 Å². The van der Waals surface area contributed by atoms with Crippen molar-refractivity contribution in [3.63, 3.8) is 0 Å². The SMILES string of the molecule is Cc1ccc(/C(Cl)=C\C(=O)c2ccccc2)cc1. The van der Waals surface area contributed by atoms with E-state index in [-0.39, 0.29) is 5.78 Å². The van der Waals surface area contributed by atoms with Gasteiger partial charge in [0.2, 0.25) is 0 Å². The fourth-order valence-electron chi connectivity index (χ4n) is 1.60. The van der Waals surface area contributed by atoms with E-state index in [1.807, 2.05) is 49.4 Å². The normalized spacial score (nSPS) is 11.3. The van der Waals surface area contributed by atoms with Gasteiger partial charge in [-0.3, -0.25) is 4.79 Å². The molecule has 0 unspecified atom stereocenters. The van der Waals surface area contributed by atoms with Crippen LogP contribution in [0.1, 0.15) is 21.5 Å². The van der Waals surface area contributed by atoms with Gasteiger partial charge in [-0.15, -0.1) is 0 Å². The molecular formula is C16H13ClO. The highest BCUT2D eigenvalue weighted by Crippen LogP contribution is 2.20. The Bertz CT molecular complexity index is 568. The van der Waals surface area contributed by atoms with Crippen molar-refractivity contribution in [1.82, 2.24) is 0 Å². The number of carbonyl (C=O) groups is 1. The molecule has 0 aromatic heterocycles. The van der Waals surface area contributed by atoms with Crippen LogP contribution in [0.25, 0.3) is 5.03 Å². The Kier molecular flexibility index (Phi) is 3.96. The largest absolute Gasteiger partial charge is 0.289 e. The van der Waals surface area contributed by atoms with Gasteiger partial charge >= 0.3 is 0 Å². The summed E-state index contributed by atoms with van der Waals surface area (Å²) in [6.45, 7) is 2.01. The molecule has 2 rings (SSSR count). The fraction of sp³-hybridized carbons (Fsp3) is 0.0625. The summed E-state index contributed by atoms with van der Waals surface area (Å²) in [4.78, 5) is 11.9. The van der Waals surface area contributed by atoms with E-state index in [1.54, 1.807) is 12.1 Å². The van der Waals surface area contributed by atoms with Crippen LogP contribution in [-0.4, -0.2) is 5.78 Å². The summed E-state index contributed by atoms with van der Waals surface area (Å²) in [7, 11) is 0. The molecule has 0 amide bonds. The summed E-state index contributed by atoms with van der Waals surface area (Å²) in [5, 5.41) is 0.462. The Balaban J connectivity index is 2.23. The van der Waals surface area contributed by atoms with Gasteiger partial charge in [0, 0.05) is 11.6 Å². The van der Waals surface area contributed by atoms with Crippen LogP contribution in [0, 0.1) is 6.92 Å². The van der Waals surface area contributed by atoms with Gasteiger partial charge in [0.1, 0.15) is 0 Å². The van der Waals surface area contributed by atoms with Crippen LogP contribution in [0.5, 0.6) is 0 Å². The average Bonchev–Trinajstić information content (AvgIpc) is 2.40. The summed E-state index contributed by atoms with van der Waals surface area (Å²) in [5.41, 5.74) is 2.66. The fourth-order valence-corrected chi connectivity index (χ4v) is 1.82. The molecule has 18 heavy (non-hydrogen) atoms. The predicted molar refractivity (Wildman–Crippen MR) is 75.8 cm³/mol. The van der Waals surface area contributed by atoms with E-state index in [9.17, 15) is 4.79 Å². The molecule has 0 spiro atoms. The van der Waals surface area contributed by atoms with Crippen LogP contribution >= 0.6 is 11.6 Å². The second kappa shape index (κ2) is 5.65. The first kappa shape index (κ1) is 12.6. The standard InChI is InChI=1S/C16H13ClO/c1-12-7-9-13(10-8-12)15(17)11-16(18)14-5-3-2-4-6-14/h2-11H,1H3/b15-11+. The van der Waals surface area contributed by atoms with E-state index >= 15 is 0 Å². The summed E-state index contributed by atoms with van der Waals surface area (Å²) in [6, 6.07) is 16.9. The Morgan fingerprint density at radius 2 is 1.56 bits per heavy atom. The molecule has 0 saturated carbocycles. The first-order valence-electron chi connectivity index (χ1n) is 5.70. The number of halogens is 1. The highest BCUT2D eigenvalue weighted by Gasteiger charge is 2.04. The van der Waals surface area contributed by atoms with E-state index in [1.165, 1.54) is 6.08 Å². The van der Waals surface area contributed by atoms with Crippen LogP contribution in [0.3, 0.4) is 0 Å². The summed E-state index contributed by atoms with van der Waals surface area (Å²) < 4.78 is 0. The zero-order chi connectivity index (χ0) is 13.0. The second-order valence-electron chi connectivity index (χ2n) is 4.09. The number of carbonyl (C=O) groups excluding carboxylic acids is 1. The number of hydrogen-bond donors (Lipinski definition) is 0. The van der Waals surface area contributed by atoms with Crippen LogP contribution in [-0.2, 0) is 0 Å². The summed E-state index contributed by atoms with van der Waals surface area (Å²) in [5.74, 6) is -0.0822. The molecule has 0 radical (unpaired) electrons. The third-order valence-corrected chi connectivity index (χ3v) is 2.97. The third kappa shape index (κ3) is 3.08. The molecule has 0 fully saturated rings. The van der Waals surface area contributed by atoms with Gasteiger partial charge in [0.15, 0.2) is 5.78 Å². The van der Waals surface area contributed by atoms with Crippen LogP contribution < -0.4 is 0 Å². The molecule has 1 nitrogen and oxygen atoms in total. The number of hydrogen-bond acceptors (Lipinski definition) is 1. The third-order valence-electron chi connectivity index (χ3n) is 2.64. The number of allylic oxidation sites excluding steroid dienone is 1. The lowest BCUT2D eigenvalue weighted by atomic mass is 10.1. The van der Waals surface area contributed by atoms with Gasteiger partial charge in [-0.1, -0.05) is 71.8 Å². The molecule has 2 aromatic carbocycles. The molecule has 2 aromatic rings. The molecule has 0 saturated heterocycles. The maximum atomic E-state index is 11.9. The monoisotopic (exact) mass is 256 g/mol. The average molecular weight is 257 g/mol. The second-order valence-corrected chi connectivity index (χ2v) is 4.50. The Morgan fingerprint density at radius 3 is 2.17 bits per heavy atom. The molecule has 0 aliphatic carbocycles. The van der Waals surface area contributed by atoms with Crippen LogP contribution in [0.2, 0.25) is 0 Å². The molecular weight excluding hydrogens is 244 g/mol. The highest BCUT2D eigenvalue weighted by atomic mass is 35.5. The van der Waals surface area contributed by atoms with Gasteiger partial charge < -0.3 is 0 Å². The lowest BCUT2D eigenvalue weighted by Crippen LogP contribution is -1.94. The van der Waals surface area contributed by atoms with Crippen LogP contribution in [0.15, 0.2) is 60.7 Å². The van der Waals surface area contributed by atoms with Crippen molar-refractivity contribution in [2.24, 2.45) is 0 Å². The predicted octanol–water partition coefficient (Wildman–Crippen LogP) is 4.46. The lowest BCUT2D eigenvalue weighted by molar-refractivity contribution is 0.104. The van der Waals surface area contributed by atoms with Crippen molar-refractivity contribution in [3.05, 3.63) is 77.4 Å². The summed E-state index contributed by atoms with van der Waals surface area (Å²) in [6.07, 6.45) is 1.46. The molecule has 0 aliphatic rings. The minimum Gasteiger partial charge on any atom is -0.289 e. The van der Waals surface area contributed by atoms with Gasteiger partial charge in [0.05, 0.1) is 5.03 Å². The Morgan fingerprint density at radius 1 is 0.944 bits per heavy atom. The van der Waals surface area contributed by atoms with E-state index in [4.69, 9.17) is 11.6 Å². The highest BCUT2D eigenvalue weighted by molar-refractivity contribution is 6.50. The molecule has 90 valence electrons. The van der Waals surface area contributed by atoms with Crippen molar-refractivity contribution in [2.75, 3.05) is 0 Å². The van der Waals surface area contributed by atoms with Crippen molar-refractivity contribution in [2.45, 2.75) is 6.92 Å². The van der Waals surface area contributed by atoms with E-state index in [0.717, 1.165) is 11.1 Å². The maximum Gasteiger partial charge on any atom is 0.187 e. The van der Waals surface area contributed by atoms with Crippen LogP contribution in [0.4, 0.5) is 0 Å². The topological polar surface area (TPSA) is 17.1 Å². The summed E-state index contributed by atoms with van der Waals surface area (Å²) >= 11 is 6.14. The van der Waals surface area contributed by atoms with Gasteiger partial charge in [-0.25, -0.2) is 0 Å². The van der Waals surface area contributed by atoms with E-state index in [2.05, 4.69) is 0 Å². The smallest absolute Gasteiger partial charge is 0.187 e. The lowest BCUT2D eigenvalue weighted by Gasteiger charge is -2.00. The van der Waals surface area contributed by atoms with E-state index < -0.39 is 0 Å². The minimum absolute atomic E-state index is 0.0822. The van der Waals surface area contributed by atoms with Crippen molar-refractivity contribution >= 4 is 22.4 Å². The molecule has 0 aliphatic heterocycles. The van der Waals surface area contributed by atoms with Gasteiger partial charge in [-0.05, 0) is 12.5 Å². The number of benzene rings is 2. The first-order chi connectivity index (χ1) is 8.66. The molecule has 0 N–H and O–H groups in total. The van der Waals surface area contributed by atoms with Crippen molar-refractivity contribution in [3.8, 4) is 0 Å². The van der Waals surface area contributed by atoms with E-state index in [0.29, 0.717) is 10.6 Å². The van der Waals surface area contributed by atoms with Crippen molar-refractivity contribution < 1.29 is 4.79 Å². The zero-order valence-corrected chi connectivity index (χ0v) is 10.8. The minimum atomic E-state index is -0.0822. The number of rotatable bonds is 3. The zero-order valence-electron chi connectivity index (χ0n) is 10.1. The first-order valence-corrected chi connectivity index (χ1v) is 6.08. The van der Waals surface area contributed by atoms with Crippen molar-refractivity contribution in [1.29, 1.82) is 0 Å². The molecule has 0 atom stereocenters. The number of aryl methyl sites for hydroxylation is 1. The molecule has 0 bridgehead atoms.